The van der Waals surface area contributed by atoms with E-state index in [1.54, 1.807) is 30.3 Å². The highest BCUT2D eigenvalue weighted by Gasteiger charge is 2.13. The van der Waals surface area contributed by atoms with E-state index in [0.717, 1.165) is 17.7 Å². The number of benzene rings is 2. The summed E-state index contributed by atoms with van der Waals surface area (Å²) in [5.41, 5.74) is 1.31. The summed E-state index contributed by atoms with van der Waals surface area (Å²) >= 11 is 0. The van der Waals surface area contributed by atoms with Gasteiger partial charge >= 0.3 is 5.63 Å². The fourth-order valence-electron chi connectivity index (χ4n) is 2.85. The normalized spacial score (nSPS) is 10.7. The summed E-state index contributed by atoms with van der Waals surface area (Å²) in [7, 11) is 0. The van der Waals surface area contributed by atoms with Gasteiger partial charge in [0, 0.05) is 0 Å². The molecular weight excluding hydrogens is 316 g/mol. The number of aromatic hydroxyl groups is 1. The Hall–Kier alpha value is -3.01. The molecule has 1 aromatic heterocycles. The fourth-order valence-corrected chi connectivity index (χ4v) is 2.85. The van der Waals surface area contributed by atoms with Gasteiger partial charge in [-0.2, -0.15) is 0 Å². The first-order valence-corrected chi connectivity index (χ1v) is 8.26. The lowest BCUT2D eigenvalue weighted by atomic mass is 10.0. The average molecular weight is 336 g/mol. The third-order valence-corrected chi connectivity index (χ3v) is 4.08. The van der Waals surface area contributed by atoms with Gasteiger partial charge in [0.15, 0.2) is 0 Å². The molecule has 1 N–H and O–H groups in total. The minimum Gasteiger partial charge on any atom is -0.507 e. The van der Waals surface area contributed by atoms with E-state index in [1.165, 1.54) is 0 Å². The number of ether oxygens (including phenoxy) is 1. The maximum absolute atomic E-state index is 12.1. The monoisotopic (exact) mass is 336 g/mol. The quantitative estimate of drug-likeness (QED) is 0.518. The minimum absolute atomic E-state index is 0.0167. The summed E-state index contributed by atoms with van der Waals surface area (Å²) in [6.45, 7) is 4.10. The van der Waals surface area contributed by atoms with Crippen LogP contribution in [0.15, 0.2) is 70.4 Å². The molecule has 0 saturated heterocycles. The van der Waals surface area contributed by atoms with Crippen LogP contribution in [-0.4, -0.2) is 11.7 Å². The molecule has 0 spiro atoms. The maximum Gasteiger partial charge on any atom is 0.343 e. The van der Waals surface area contributed by atoms with E-state index >= 15 is 0 Å². The minimum atomic E-state index is -0.479. The van der Waals surface area contributed by atoms with Crippen molar-refractivity contribution in [3.05, 3.63) is 82.7 Å². The Morgan fingerprint density at radius 3 is 2.68 bits per heavy atom. The maximum atomic E-state index is 12.1. The Labute approximate surface area is 146 Å². The number of hydrogen-bond acceptors (Lipinski definition) is 4. The molecule has 128 valence electrons. The van der Waals surface area contributed by atoms with Crippen LogP contribution < -0.4 is 10.4 Å². The first-order valence-electron chi connectivity index (χ1n) is 8.26. The van der Waals surface area contributed by atoms with Gasteiger partial charge < -0.3 is 14.3 Å². The second kappa shape index (κ2) is 7.71. The van der Waals surface area contributed by atoms with Gasteiger partial charge in [0.2, 0.25) is 0 Å². The number of aryl methyl sites for hydroxylation is 1. The van der Waals surface area contributed by atoms with Crippen molar-refractivity contribution in [3.8, 4) is 11.5 Å². The molecule has 4 heteroatoms. The zero-order valence-corrected chi connectivity index (χ0v) is 13.9. The zero-order chi connectivity index (χ0) is 17.6. The lowest BCUT2D eigenvalue weighted by Gasteiger charge is -2.10. The highest BCUT2D eigenvalue weighted by Crippen LogP contribution is 2.27. The van der Waals surface area contributed by atoms with Gasteiger partial charge in [0.25, 0.3) is 0 Å². The summed E-state index contributed by atoms with van der Waals surface area (Å²) in [5.74, 6) is 0.834. The van der Waals surface area contributed by atoms with Crippen molar-refractivity contribution in [2.24, 2.45) is 0 Å². The van der Waals surface area contributed by atoms with Crippen molar-refractivity contribution in [3.63, 3.8) is 0 Å². The Kier molecular flexibility index (Phi) is 5.19. The first-order chi connectivity index (χ1) is 12.2. The summed E-state index contributed by atoms with van der Waals surface area (Å²) < 4.78 is 10.9. The van der Waals surface area contributed by atoms with Gasteiger partial charge in [0.05, 0.1) is 10.9 Å². The first kappa shape index (κ1) is 16.8. The van der Waals surface area contributed by atoms with Crippen molar-refractivity contribution in [2.75, 3.05) is 6.61 Å². The smallest absolute Gasteiger partial charge is 0.343 e. The Morgan fingerprint density at radius 1 is 1.08 bits per heavy atom. The van der Waals surface area contributed by atoms with Crippen molar-refractivity contribution in [2.45, 2.75) is 19.3 Å². The molecular formula is C21H20O4. The third-order valence-electron chi connectivity index (χ3n) is 4.08. The van der Waals surface area contributed by atoms with E-state index in [9.17, 15) is 9.90 Å². The molecule has 25 heavy (non-hydrogen) atoms. The molecule has 0 fully saturated rings. The molecule has 3 aromatic rings. The lowest BCUT2D eigenvalue weighted by molar-refractivity contribution is 0.358. The zero-order valence-electron chi connectivity index (χ0n) is 13.9. The van der Waals surface area contributed by atoms with E-state index in [1.807, 2.05) is 24.3 Å². The van der Waals surface area contributed by atoms with Crippen molar-refractivity contribution >= 4 is 11.0 Å². The van der Waals surface area contributed by atoms with Crippen LogP contribution in [-0.2, 0) is 12.8 Å². The molecule has 3 rings (SSSR count). The van der Waals surface area contributed by atoms with Crippen LogP contribution in [0.2, 0.25) is 0 Å². The van der Waals surface area contributed by atoms with Gasteiger partial charge in [-0.25, -0.2) is 4.79 Å². The molecule has 0 bridgehead atoms. The second-order valence-corrected chi connectivity index (χ2v) is 5.77. The highest BCUT2D eigenvalue weighted by molar-refractivity contribution is 5.83. The molecule has 0 saturated carbocycles. The van der Waals surface area contributed by atoms with E-state index in [0.29, 0.717) is 36.0 Å². The van der Waals surface area contributed by atoms with Crippen LogP contribution in [0.1, 0.15) is 17.5 Å². The van der Waals surface area contributed by atoms with E-state index in [-0.39, 0.29) is 5.75 Å². The largest absolute Gasteiger partial charge is 0.507 e. The Morgan fingerprint density at radius 2 is 1.84 bits per heavy atom. The van der Waals surface area contributed by atoms with Gasteiger partial charge in [0.1, 0.15) is 23.7 Å². The SMILES string of the molecule is C=CCOc1ccccc1CCCc1c(O)c2ccccc2oc1=O. The van der Waals surface area contributed by atoms with Gasteiger partial charge in [-0.1, -0.05) is 43.0 Å². The molecule has 0 amide bonds. The molecule has 0 aliphatic carbocycles. The van der Waals surface area contributed by atoms with Crippen LogP contribution in [0.5, 0.6) is 11.5 Å². The fraction of sp³-hybridized carbons (Fsp3) is 0.190. The van der Waals surface area contributed by atoms with Crippen molar-refractivity contribution in [1.82, 2.24) is 0 Å². The van der Waals surface area contributed by atoms with Crippen LogP contribution in [0.25, 0.3) is 11.0 Å². The Bertz CT molecular complexity index is 940. The number of hydrogen-bond donors (Lipinski definition) is 1. The molecule has 2 aromatic carbocycles. The predicted octanol–water partition coefficient (Wildman–Crippen LogP) is 4.24. The van der Waals surface area contributed by atoms with Crippen molar-refractivity contribution in [1.29, 1.82) is 0 Å². The van der Waals surface area contributed by atoms with Crippen LogP contribution in [0.4, 0.5) is 0 Å². The standard InChI is InChI=1S/C21H20O4/c1-2-14-24-18-12-5-3-8-15(18)9-7-11-17-20(22)16-10-4-6-13-19(16)25-21(17)23/h2-6,8,10,12-13,22H,1,7,9,11,14H2. The predicted molar refractivity (Wildman–Crippen MR) is 98.3 cm³/mol. The number of rotatable bonds is 7. The number of para-hydroxylation sites is 2. The second-order valence-electron chi connectivity index (χ2n) is 5.77. The molecule has 0 aliphatic heterocycles. The lowest BCUT2D eigenvalue weighted by Crippen LogP contribution is -2.08. The van der Waals surface area contributed by atoms with Gasteiger partial charge in [-0.3, -0.25) is 0 Å². The Balaban J connectivity index is 1.76. The molecule has 1 heterocycles. The highest BCUT2D eigenvalue weighted by atomic mass is 16.5. The summed E-state index contributed by atoms with van der Waals surface area (Å²) in [5, 5.41) is 11.0. The van der Waals surface area contributed by atoms with Crippen LogP contribution in [0.3, 0.4) is 0 Å². The van der Waals surface area contributed by atoms with E-state index in [4.69, 9.17) is 9.15 Å². The van der Waals surface area contributed by atoms with Crippen LogP contribution in [0, 0.1) is 0 Å². The topological polar surface area (TPSA) is 59.7 Å². The van der Waals surface area contributed by atoms with E-state index in [2.05, 4.69) is 6.58 Å². The van der Waals surface area contributed by atoms with Gasteiger partial charge in [-0.15, -0.1) is 0 Å². The average Bonchev–Trinajstić information content (AvgIpc) is 2.63. The van der Waals surface area contributed by atoms with Crippen molar-refractivity contribution < 1.29 is 14.3 Å². The summed E-state index contributed by atoms with van der Waals surface area (Å²) in [6, 6.07) is 14.8. The van der Waals surface area contributed by atoms with E-state index < -0.39 is 5.63 Å². The van der Waals surface area contributed by atoms with Gasteiger partial charge in [-0.05, 0) is 43.0 Å². The number of fused-ring (bicyclic) bond motifs is 1. The third kappa shape index (κ3) is 3.74. The van der Waals surface area contributed by atoms with Crippen LogP contribution >= 0.6 is 0 Å². The molecule has 0 unspecified atom stereocenters. The molecule has 0 radical (unpaired) electrons. The molecule has 0 atom stereocenters. The summed E-state index contributed by atoms with van der Waals surface area (Å²) in [4.78, 5) is 12.1. The summed E-state index contributed by atoms with van der Waals surface area (Å²) in [6.07, 6.45) is 3.58. The molecule has 4 nitrogen and oxygen atoms in total. The molecule has 0 aliphatic rings.